The predicted octanol–water partition coefficient (Wildman–Crippen LogP) is 1.93. The van der Waals surface area contributed by atoms with Gasteiger partial charge in [-0.25, -0.2) is 4.98 Å². The molecule has 1 atom stereocenters. The molecule has 0 aromatic carbocycles. The summed E-state index contributed by atoms with van der Waals surface area (Å²) in [5.41, 5.74) is 6.20. The number of hydrogen-bond acceptors (Lipinski definition) is 4. The Morgan fingerprint density at radius 2 is 2.20 bits per heavy atom. The summed E-state index contributed by atoms with van der Waals surface area (Å²) in [6.45, 7) is 3.11. The van der Waals surface area contributed by atoms with Crippen LogP contribution in [0, 0.1) is 5.92 Å². The summed E-state index contributed by atoms with van der Waals surface area (Å²) in [6, 6.07) is 1.53. The van der Waals surface area contributed by atoms with Crippen molar-refractivity contribution in [3.8, 4) is 0 Å². The molecule has 5 heteroatoms. The molecular weight excluding hydrogens is 254 g/mol. The average molecular weight is 279 g/mol. The molecule has 1 aromatic heterocycles. The Balaban J connectivity index is 2.25. The third-order valence-corrected chi connectivity index (χ3v) is 3.91. The van der Waals surface area contributed by atoms with Gasteiger partial charge in [0.2, 0.25) is 0 Å². The van der Waals surface area contributed by atoms with Crippen LogP contribution in [-0.2, 0) is 11.2 Å². The fourth-order valence-corrected chi connectivity index (χ4v) is 2.99. The first-order chi connectivity index (χ1) is 9.74. The molecule has 1 fully saturated rings. The number of nitrogens with one attached hydrogen (secondary N) is 1. The average Bonchev–Trinajstić information content (AvgIpc) is 2.45. The van der Waals surface area contributed by atoms with Crippen LogP contribution in [0.15, 0.2) is 10.9 Å². The third-order valence-electron chi connectivity index (χ3n) is 3.91. The van der Waals surface area contributed by atoms with E-state index in [1.807, 2.05) is 6.92 Å². The van der Waals surface area contributed by atoms with Gasteiger partial charge in [-0.05, 0) is 32.2 Å². The van der Waals surface area contributed by atoms with Gasteiger partial charge in [0.15, 0.2) is 0 Å². The highest BCUT2D eigenvalue weighted by Crippen LogP contribution is 2.35. The lowest BCUT2D eigenvalue weighted by Crippen LogP contribution is -2.25. The van der Waals surface area contributed by atoms with Crippen LogP contribution in [0.3, 0.4) is 0 Å². The molecule has 1 aromatic rings. The number of rotatable bonds is 6. The Labute approximate surface area is 119 Å². The number of hydrogen-bond donors (Lipinski definition) is 2. The lowest BCUT2D eigenvalue weighted by molar-refractivity contribution is -0.000472. The van der Waals surface area contributed by atoms with Crippen molar-refractivity contribution in [2.45, 2.75) is 51.6 Å². The highest BCUT2D eigenvalue weighted by Gasteiger charge is 2.27. The van der Waals surface area contributed by atoms with Crippen molar-refractivity contribution in [1.82, 2.24) is 9.97 Å². The Kier molecular flexibility index (Phi) is 5.73. The van der Waals surface area contributed by atoms with E-state index >= 15 is 0 Å². The smallest absolute Gasteiger partial charge is 0.251 e. The summed E-state index contributed by atoms with van der Waals surface area (Å²) >= 11 is 0. The van der Waals surface area contributed by atoms with Crippen molar-refractivity contribution in [2.75, 3.05) is 13.2 Å². The van der Waals surface area contributed by atoms with E-state index in [9.17, 15) is 4.79 Å². The number of nitrogens with two attached hydrogens (primary N) is 1. The van der Waals surface area contributed by atoms with Crippen LogP contribution in [0.25, 0.3) is 0 Å². The van der Waals surface area contributed by atoms with Crippen LogP contribution in [-0.4, -0.2) is 23.1 Å². The van der Waals surface area contributed by atoms with Crippen molar-refractivity contribution in [2.24, 2.45) is 11.7 Å². The molecule has 1 unspecified atom stereocenters. The number of nitrogens with zero attached hydrogens (tertiary/aromatic N) is 1. The highest BCUT2D eigenvalue weighted by molar-refractivity contribution is 5.06. The Morgan fingerprint density at radius 3 is 2.85 bits per heavy atom. The van der Waals surface area contributed by atoms with E-state index < -0.39 is 0 Å². The topological polar surface area (TPSA) is 81.0 Å². The van der Waals surface area contributed by atoms with Crippen molar-refractivity contribution < 1.29 is 4.74 Å². The summed E-state index contributed by atoms with van der Waals surface area (Å²) in [4.78, 5) is 19.2. The second-order valence-corrected chi connectivity index (χ2v) is 5.43. The molecule has 0 amide bonds. The zero-order valence-corrected chi connectivity index (χ0v) is 12.2. The fraction of sp³-hybridized carbons (Fsp3) is 0.733. The van der Waals surface area contributed by atoms with Crippen LogP contribution in [0.4, 0.5) is 0 Å². The minimum Gasteiger partial charge on any atom is -0.370 e. The van der Waals surface area contributed by atoms with Gasteiger partial charge in [0.05, 0.1) is 0 Å². The number of aromatic amines is 1. The third kappa shape index (κ3) is 3.90. The van der Waals surface area contributed by atoms with Crippen LogP contribution in [0.2, 0.25) is 0 Å². The largest absolute Gasteiger partial charge is 0.370 e. The zero-order chi connectivity index (χ0) is 14.4. The fourth-order valence-electron chi connectivity index (χ4n) is 2.99. The first-order valence-corrected chi connectivity index (χ1v) is 7.66. The van der Waals surface area contributed by atoms with Crippen LogP contribution in [0.1, 0.15) is 56.7 Å². The molecule has 0 saturated heterocycles. The standard InChI is InChI=1S/C15H25N3O2/c1-2-20-14(11-6-4-3-5-7-11)15-17-12(8-9-16)10-13(19)18-15/h10-11,14H,2-9,16H2,1H3,(H,17,18,19). The maximum absolute atomic E-state index is 11.8. The molecule has 1 heterocycles. The normalized spacial score (nSPS) is 18.1. The number of aromatic nitrogens is 2. The van der Waals surface area contributed by atoms with E-state index in [2.05, 4.69) is 9.97 Å². The minimum atomic E-state index is -0.112. The van der Waals surface area contributed by atoms with Crippen molar-refractivity contribution in [3.05, 3.63) is 27.9 Å². The van der Waals surface area contributed by atoms with Gasteiger partial charge < -0.3 is 15.5 Å². The molecule has 0 radical (unpaired) electrons. The number of ether oxygens (including phenoxy) is 1. The monoisotopic (exact) mass is 279 g/mol. The summed E-state index contributed by atoms with van der Waals surface area (Å²) in [5.74, 6) is 1.13. The van der Waals surface area contributed by atoms with Gasteiger partial charge in [-0.2, -0.15) is 0 Å². The Bertz CT molecular complexity index is 466. The molecule has 2 rings (SSSR count). The van der Waals surface area contributed by atoms with Gasteiger partial charge in [-0.3, -0.25) is 4.79 Å². The molecule has 3 N–H and O–H groups in total. The van der Waals surface area contributed by atoms with E-state index in [-0.39, 0.29) is 11.7 Å². The van der Waals surface area contributed by atoms with Gasteiger partial charge in [0.1, 0.15) is 11.9 Å². The molecule has 0 aliphatic heterocycles. The maximum Gasteiger partial charge on any atom is 0.251 e. The molecule has 1 aliphatic carbocycles. The minimum absolute atomic E-state index is 0.0919. The zero-order valence-electron chi connectivity index (χ0n) is 12.2. The van der Waals surface area contributed by atoms with Gasteiger partial charge in [-0.1, -0.05) is 19.3 Å². The second-order valence-electron chi connectivity index (χ2n) is 5.43. The first kappa shape index (κ1) is 15.2. The van der Waals surface area contributed by atoms with Crippen LogP contribution in [0.5, 0.6) is 0 Å². The van der Waals surface area contributed by atoms with Gasteiger partial charge >= 0.3 is 0 Å². The van der Waals surface area contributed by atoms with Gasteiger partial charge in [0, 0.05) is 24.8 Å². The quantitative estimate of drug-likeness (QED) is 0.833. The van der Waals surface area contributed by atoms with E-state index in [1.165, 1.54) is 25.3 Å². The van der Waals surface area contributed by atoms with Crippen molar-refractivity contribution in [1.29, 1.82) is 0 Å². The Hall–Kier alpha value is -1.20. The van der Waals surface area contributed by atoms with Crippen molar-refractivity contribution in [3.63, 3.8) is 0 Å². The molecule has 20 heavy (non-hydrogen) atoms. The van der Waals surface area contributed by atoms with Gasteiger partial charge in [0.25, 0.3) is 5.56 Å². The number of H-pyrrole nitrogens is 1. The summed E-state index contributed by atoms with van der Waals surface area (Å²) in [5, 5.41) is 0. The summed E-state index contributed by atoms with van der Waals surface area (Å²) in [6.07, 6.45) is 6.60. The van der Waals surface area contributed by atoms with Gasteiger partial charge in [-0.15, -0.1) is 0 Å². The van der Waals surface area contributed by atoms with Crippen LogP contribution < -0.4 is 11.3 Å². The molecule has 0 bridgehead atoms. The molecule has 1 saturated carbocycles. The van der Waals surface area contributed by atoms with E-state index in [0.717, 1.165) is 18.5 Å². The lowest BCUT2D eigenvalue weighted by Gasteiger charge is -2.29. The molecular formula is C15H25N3O2. The van der Waals surface area contributed by atoms with Crippen LogP contribution >= 0.6 is 0 Å². The summed E-state index contributed by atoms with van der Waals surface area (Å²) < 4.78 is 5.89. The predicted molar refractivity (Wildman–Crippen MR) is 78.6 cm³/mol. The summed E-state index contributed by atoms with van der Waals surface area (Å²) in [7, 11) is 0. The Morgan fingerprint density at radius 1 is 1.45 bits per heavy atom. The SMILES string of the molecule is CCOC(c1nc(CCN)cc(=O)[nH]1)C1CCCCC1. The molecule has 1 aliphatic rings. The first-order valence-electron chi connectivity index (χ1n) is 7.66. The molecule has 5 nitrogen and oxygen atoms in total. The lowest BCUT2D eigenvalue weighted by atomic mass is 9.85. The molecule has 0 spiro atoms. The highest BCUT2D eigenvalue weighted by atomic mass is 16.5. The van der Waals surface area contributed by atoms with E-state index in [4.69, 9.17) is 10.5 Å². The molecule has 112 valence electrons. The van der Waals surface area contributed by atoms with Crippen molar-refractivity contribution >= 4 is 0 Å². The van der Waals surface area contributed by atoms with E-state index in [1.54, 1.807) is 0 Å². The second kappa shape index (κ2) is 7.55. The maximum atomic E-state index is 11.8. The van der Waals surface area contributed by atoms with E-state index in [0.29, 0.717) is 31.3 Å².